The fourth-order valence-corrected chi connectivity index (χ4v) is 6.83. The molecular formula is C27H29N5OS. The smallest absolute Gasteiger partial charge is 0.214 e. The first-order valence-corrected chi connectivity index (χ1v) is 12.7. The molecule has 174 valence electrons. The molecule has 0 amide bonds. The Morgan fingerprint density at radius 2 is 1.94 bits per heavy atom. The molecule has 0 bridgehead atoms. The Balaban J connectivity index is 1.58. The van der Waals surface area contributed by atoms with Crippen LogP contribution >= 0.6 is 11.3 Å². The number of rotatable bonds is 5. The SMILES string of the molecule is [C-]#[N+]c1ccc(-c2[nH]c3sc(C4CCN(CC(C)=O)CC4)c(C)c3c2C(C)C)c2nccnc12. The summed E-state index contributed by atoms with van der Waals surface area (Å²) >= 11 is 1.88. The van der Waals surface area contributed by atoms with Gasteiger partial charge in [0.25, 0.3) is 0 Å². The van der Waals surface area contributed by atoms with Gasteiger partial charge in [-0.15, -0.1) is 11.3 Å². The number of carbonyl (C=O) groups excluding carboxylic acids is 1. The van der Waals surface area contributed by atoms with Crippen LogP contribution in [0.25, 0.3) is 37.4 Å². The molecule has 5 rings (SSSR count). The van der Waals surface area contributed by atoms with Gasteiger partial charge in [0.2, 0.25) is 5.69 Å². The van der Waals surface area contributed by atoms with E-state index in [-0.39, 0.29) is 5.78 Å². The molecule has 34 heavy (non-hydrogen) atoms. The summed E-state index contributed by atoms with van der Waals surface area (Å²) in [7, 11) is 0. The molecule has 6 nitrogen and oxygen atoms in total. The first-order chi connectivity index (χ1) is 16.4. The molecule has 0 radical (unpaired) electrons. The number of benzene rings is 1. The topological polar surface area (TPSA) is 66.2 Å². The minimum Gasteiger partial charge on any atom is -0.346 e. The van der Waals surface area contributed by atoms with Crippen LogP contribution in [0, 0.1) is 13.5 Å². The number of H-pyrrole nitrogens is 1. The molecule has 1 N–H and O–H groups in total. The molecule has 0 aliphatic carbocycles. The number of aryl methyl sites for hydroxylation is 1. The van der Waals surface area contributed by atoms with E-state index in [0.29, 0.717) is 29.6 Å². The number of nitrogens with zero attached hydrogens (tertiary/aromatic N) is 4. The molecule has 1 aliphatic rings. The zero-order valence-electron chi connectivity index (χ0n) is 20.1. The van der Waals surface area contributed by atoms with E-state index in [1.54, 1.807) is 19.3 Å². The third-order valence-corrected chi connectivity index (χ3v) is 8.31. The summed E-state index contributed by atoms with van der Waals surface area (Å²) < 4.78 is 0. The van der Waals surface area contributed by atoms with Crippen molar-refractivity contribution in [1.29, 1.82) is 0 Å². The average Bonchev–Trinajstić information content (AvgIpc) is 3.35. The summed E-state index contributed by atoms with van der Waals surface area (Å²) in [5, 5.41) is 1.34. The fraction of sp³-hybridized carbons (Fsp3) is 0.407. The van der Waals surface area contributed by atoms with E-state index in [4.69, 9.17) is 6.57 Å². The number of aromatic amines is 1. The maximum atomic E-state index is 11.5. The monoisotopic (exact) mass is 471 g/mol. The highest BCUT2D eigenvalue weighted by Gasteiger charge is 2.28. The lowest BCUT2D eigenvalue weighted by atomic mass is 9.90. The van der Waals surface area contributed by atoms with E-state index in [9.17, 15) is 4.79 Å². The van der Waals surface area contributed by atoms with E-state index >= 15 is 0 Å². The third-order valence-electron chi connectivity index (χ3n) is 6.94. The van der Waals surface area contributed by atoms with E-state index in [1.165, 1.54) is 26.2 Å². The predicted octanol–water partition coefficient (Wildman–Crippen LogP) is 6.59. The molecule has 1 aromatic carbocycles. The van der Waals surface area contributed by atoms with Crippen LogP contribution in [0.3, 0.4) is 0 Å². The van der Waals surface area contributed by atoms with Crippen molar-refractivity contribution in [3.8, 4) is 11.3 Å². The second-order valence-corrected chi connectivity index (χ2v) is 10.7. The van der Waals surface area contributed by atoms with Gasteiger partial charge in [-0.05, 0) is 62.7 Å². The fourth-order valence-electron chi connectivity index (χ4n) is 5.43. The molecule has 3 aromatic heterocycles. The Kier molecular flexibility index (Phi) is 5.97. The number of nitrogens with one attached hydrogen (secondary N) is 1. The van der Waals surface area contributed by atoms with E-state index in [2.05, 4.69) is 45.5 Å². The molecule has 4 heterocycles. The summed E-state index contributed by atoms with van der Waals surface area (Å²) in [6.45, 7) is 18.5. The predicted molar refractivity (Wildman–Crippen MR) is 139 cm³/mol. The minimum absolute atomic E-state index is 0.245. The van der Waals surface area contributed by atoms with Gasteiger partial charge in [-0.3, -0.25) is 19.7 Å². The van der Waals surface area contributed by atoms with Crippen molar-refractivity contribution < 1.29 is 4.79 Å². The van der Waals surface area contributed by atoms with E-state index in [0.717, 1.165) is 42.7 Å². The lowest BCUT2D eigenvalue weighted by Crippen LogP contribution is -2.36. The average molecular weight is 472 g/mol. The van der Waals surface area contributed by atoms with Crippen molar-refractivity contribution >= 4 is 44.1 Å². The lowest BCUT2D eigenvalue weighted by Gasteiger charge is -2.31. The van der Waals surface area contributed by atoms with Crippen LogP contribution in [0.1, 0.15) is 61.5 Å². The van der Waals surface area contributed by atoms with Crippen molar-refractivity contribution in [3.05, 3.63) is 51.9 Å². The summed E-state index contributed by atoms with van der Waals surface area (Å²) in [5.74, 6) is 1.12. The molecule has 0 atom stereocenters. The summed E-state index contributed by atoms with van der Waals surface area (Å²) in [6, 6.07) is 3.86. The molecular weight excluding hydrogens is 442 g/mol. The van der Waals surface area contributed by atoms with Gasteiger partial charge in [-0.1, -0.05) is 26.0 Å². The van der Waals surface area contributed by atoms with E-state index < -0.39 is 0 Å². The van der Waals surface area contributed by atoms with Gasteiger partial charge in [-0.2, -0.15) is 0 Å². The van der Waals surface area contributed by atoms with Gasteiger partial charge in [0.05, 0.1) is 29.8 Å². The Labute approximate surface area is 203 Å². The molecule has 4 aromatic rings. The van der Waals surface area contributed by atoms with Crippen molar-refractivity contribution in [3.63, 3.8) is 0 Å². The number of thiophene rings is 1. The maximum Gasteiger partial charge on any atom is 0.214 e. The number of hydrogen-bond acceptors (Lipinski definition) is 5. The Bertz CT molecular complexity index is 1430. The molecule has 1 aliphatic heterocycles. The highest BCUT2D eigenvalue weighted by Crippen LogP contribution is 2.46. The highest BCUT2D eigenvalue weighted by molar-refractivity contribution is 7.19. The molecule has 1 saturated heterocycles. The summed E-state index contributed by atoms with van der Waals surface area (Å²) in [6.07, 6.45) is 5.54. The molecule has 0 spiro atoms. The number of piperidine rings is 1. The van der Waals surface area contributed by atoms with Crippen molar-refractivity contribution in [1.82, 2.24) is 19.9 Å². The molecule has 7 heteroatoms. The second-order valence-electron chi connectivity index (χ2n) is 9.61. The Morgan fingerprint density at radius 3 is 2.59 bits per heavy atom. The summed E-state index contributed by atoms with van der Waals surface area (Å²) in [5.41, 5.74) is 6.72. The van der Waals surface area contributed by atoms with Crippen LogP contribution in [0.2, 0.25) is 0 Å². The number of hydrogen-bond donors (Lipinski definition) is 1. The van der Waals surface area contributed by atoms with Crippen LogP contribution in [0.4, 0.5) is 5.69 Å². The summed E-state index contributed by atoms with van der Waals surface area (Å²) in [4.78, 5) is 32.9. The van der Waals surface area contributed by atoms with E-state index in [1.807, 2.05) is 23.5 Å². The first-order valence-electron chi connectivity index (χ1n) is 11.9. The standard InChI is InChI=1S/C27H29N5OS/c1-15(2)21-22-17(4)26(18-8-12-32(13-9-18)14-16(3)33)34-27(22)31-23(21)19-6-7-20(28-5)25-24(19)29-10-11-30-25/h6-7,10-11,15,18,31H,8-9,12-14H2,1-4H3. The van der Waals surface area contributed by atoms with Crippen molar-refractivity contribution in [2.24, 2.45) is 0 Å². The first kappa shape index (κ1) is 22.7. The van der Waals surface area contributed by atoms with Crippen molar-refractivity contribution in [2.75, 3.05) is 19.6 Å². The number of fused-ring (bicyclic) bond motifs is 2. The Hall–Kier alpha value is -3.08. The van der Waals surface area contributed by atoms with Crippen LogP contribution in [0.15, 0.2) is 24.5 Å². The minimum atomic E-state index is 0.245. The Morgan fingerprint density at radius 1 is 1.24 bits per heavy atom. The quantitative estimate of drug-likeness (QED) is 0.333. The third kappa shape index (κ3) is 3.81. The van der Waals surface area contributed by atoms with Crippen LogP contribution in [-0.4, -0.2) is 45.3 Å². The highest BCUT2D eigenvalue weighted by atomic mass is 32.1. The van der Waals surface area contributed by atoms with Crippen molar-refractivity contribution in [2.45, 2.75) is 52.4 Å². The normalized spacial score (nSPS) is 15.4. The maximum absolute atomic E-state index is 11.5. The zero-order valence-corrected chi connectivity index (χ0v) is 20.9. The largest absolute Gasteiger partial charge is 0.346 e. The van der Waals surface area contributed by atoms with Gasteiger partial charge in [0, 0.05) is 28.2 Å². The number of aromatic nitrogens is 3. The van der Waals surface area contributed by atoms with Crippen LogP contribution in [-0.2, 0) is 4.79 Å². The zero-order chi connectivity index (χ0) is 24.0. The number of likely N-dealkylation sites (tertiary alicyclic amines) is 1. The van der Waals surface area contributed by atoms with Crippen LogP contribution in [0.5, 0.6) is 0 Å². The number of Topliss-reactive ketones (excluding diaryl/α,β-unsaturated/α-hetero) is 1. The lowest BCUT2D eigenvalue weighted by molar-refractivity contribution is -0.118. The molecule has 1 fully saturated rings. The van der Waals surface area contributed by atoms with Gasteiger partial charge in [0.15, 0.2) is 0 Å². The number of carbonyl (C=O) groups is 1. The molecule has 0 saturated carbocycles. The van der Waals surface area contributed by atoms with Crippen LogP contribution < -0.4 is 0 Å². The molecule has 0 unspecified atom stereocenters. The van der Waals surface area contributed by atoms with Gasteiger partial charge >= 0.3 is 0 Å². The van der Waals surface area contributed by atoms with Gasteiger partial charge < -0.3 is 4.98 Å². The second kappa shape index (κ2) is 8.94. The van der Waals surface area contributed by atoms with Gasteiger partial charge in [-0.25, -0.2) is 4.85 Å². The number of ketones is 1. The van der Waals surface area contributed by atoms with Gasteiger partial charge in [0.1, 0.15) is 10.6 Å².